The molecule has 1 aliphatic rings. The number of nitrogens with zero attached hydrogens (tertiary/aromatic N) is 2. The predicted molar refractivity (Wildman–Crippen MR) is 77.0 cm³/mol. The molecular formula is C15H23N3O. The summed E-state index contributed by atoms with van der Waals surface area (Å²) < 4.78 is 0. The minimum absolute atomic E-state index is 0.209. The average Bonchev–Trinajstić information content (AvgIpc) is 2.41. The second-order valence-corrected chi connectivity index (χ2v) is 5.27. The second-order valence-electron chi connectivity index (χ2n) is 5.27. The van der Waals surface area contributed by atoms with E-state index >= 15 is 0 Å². The summed E-state index contributed by atoms with van der Waals surface area (Å²) >= 11 is 0. The number of benzene rings is 1. The van der Waals surface area contributed by atoms with Gasteiger partial charge in [-0.15, -0.1) is 0 Å². The van der Waals surface area contributed by atoms with Crippen LogP contribution in [-0.4, -0.2) is 55.5 Å². The zero-order chi connectivity index (χ0) is 13.7. The molecule has 1 heterocycles. The fourth-order valence-corrected chi connectivity index (χ4v) is 2.19. The molecule has 0 radical (unpaired) electrons. The van der Waals surface area contributed by atoms with Crippen LogP contribution in [0.5, 0.6) is 0 Å². The Bertz CT molecular complexity index is 408. The van der Waals surface area contributed by atoms with Crippen LogP contribution in [-0.2, 0) is 11.3 Å². The van der Waals surface area contributed by atoms with Gasteiger partial charge >= 0.3 is 0 Å². The van der Waals surface area contributed by atoms with Gasteiger partial charge in [-0.1, -0.05) is 29.8 Å². The van der Waals surface area contributed by atoms with E-state index in [0.717, 1.165) is 32.7 Å². The molecule has 19 heavy (non-hydrogen) atoms. The van der Waals surface area contributed by atoms with Crippen molar-refractivity contribution in [1.82, 2.24) is 15.1 Å². The number of carbonyl (C=O) groups excluding carboxylic acids is 1. The summed E-state index contributed by atoms with van der Waals surface area (Å²) in [4.78, 5) is 16.2. The maximum atomic E-state index is 12.0. The molecule has 1 N–H and O–H groups in total. The van der Waals surface area contributed by atoms with Crippen LogP contribution in [0.3, 0.4) is 0 Å². The number of carbonyl (C=O) groups is 1. The molecule has 1 amide bonds. The summed E-state index contributed by atoms with van der Waals surface area (Å²) in [7, 11) is 2.09. The third-order valence-electron chi connectivity index (χ3n) is 3.58. The average molecular weight is 261 g/mol. The van der Waals surface area contributed by atoms with Gasteiger partial charge in [-0.3, -0.25) is 4.79 Å². The minimum atomic E-state index is 0.209. The Morgan fingerprint density at radius 3 is 2.42 bits per heavy atom. The maximum Gasteiger partial charge on any atom is 0.236 e. The molecule has 0 spiro atoms. The molecule has 1 fully saturated rings. The van der Waals surface area contributed by atoms with E-state index in [9.17, 15) is 4.79 Å². The van der Waals surface area contributed by atoms with Crippen molar-refractivity contribution >= 4 is 5.91 Å². The van der Waals surface area contributed by atoms with Crippen LogP contribution in [0.1, 0.15) is 11.1 Å². The highest BCUT2D eigenvalue weighted by molar-refractivity contribution is 5.78. The van der Waals surface area contributed by atoms with Gasteiger partial charge in [0, 0.05) is 32.7 Å². The lowest BCUT2D eigenvalue weighted by atomic mass is 10.1. The van der Waals surface area contributed by atoms with Crippen molar-refractivity contribution in [3.05, 3.63) is 35.4 Å². The summed E-state index contributed by atoms with van der Waals surface area (Å²) in [5.41, 5.74) is 2.48. The number of nitrogens with one attached hydrogen (secondary N) is 1. The van der Waals surface area contributed by atoms with E-state index in [4.69, 9.17) is 0 Å². The number of aryl methyl sites for hydroxylation is 1. The molecule has 0 unspecified atom stereocenters. The highest BCUT2D eigenvalue weighted by Crippen LogP contribution is 2.03. The van der Waals surface area contributed by atoms with Crippen LogP contribution < -0.4 is 5.32 Å². The highest BCUT2D eigenvalue weighted by Gasteiger charge is 2.18. The normalized spacial score (nSPS) is 16.6. The number of hydrogen-bond acceptors (Lipinski definition) is 3. The quantitative estimate of drug-likeness (QED) is 0.873. The van der Waals surface area contributed by atoms with Gasteiger partial charge in [0.25, 0.3) is 0 Å². The van der Waals surface area contributed by atoms with Gasteiger partial charge in [-0.2, -0.15) is 0 Å². The van der Waals surface area contributed by atoms with Crippen molar-refractivity contribution in [2.75, 3.05) is 39.8 Å². The van der Waals surface area contributed by atoms with Crippen molar-refractivity contribution in [2.24, 2.45) is 0 Å². The first-order valence-corrected chi connectivity index (χ1v) is 6.88. The third kappa shape index (κ3) is 4.33. The summed E-state index contributed by atoms with van der Waals surface area (Å²) in [6.07, 6.45) is 0. The van der Waals surface area contributed by atoms with E-state index in [1.165, 1.54) is 11.1 Å². The molecule has 104 valence electrons. The van der Waals surface area contributed by atoms with E-state index in [1.54, 1.807) is 0 Å². The first-order chi connectivity index (χ1) is 9.15. The number of rotatable bonds is 4. The number of likely N-dealkylation sites (N-methyl/N-ethyl adjacent to an activating group) is 1. The van der Waals surface area contributed by atoms with Crippen LogP contribution in [0.15, 0.2) is 24.3 Å². The number of hydrogen-bond donors (Lipinski definition) is 1. The Morgan fingerprint density at radius 2 is 1.79 bits per heavy atom. The van der Waals surface area contributed by atoms with E-state index < -0.39 is 0 Å². The minimum Gasteiger partial charge on any atom is -0.339 e. The summed E-state index contributed by atoms with van der Waals surface area (Å²) in [6, 6.07) is 8.39. The lowest BCUT2D eigenvalue weighted by Crippen LogP contribution is -2.49. The van der Waals surface area contributed by atoms with Crippen molar-refractivity contribution in [3.8, 4) is 0 Å². The molecule has 1 saturated heterocycles. The fraction of sp³-hybridized carbons (Fsp3) is 0.533. The van der Waals surface area contributed by atoms with Gasteiger partial charge in [0.05, 0.1) is 6.54 Å². The van der Waals surface area contributed by atoms with Crippen molar-refractivity contribution in [2.45, 2.75) is 13.5 Å². The first-order valence-electron chi connectivity index (χ1n) is 6.88. The Kier molecular flexibility index (Phi) is 4.93. The van der Waals surface area contributed by atoms with Crippen LogP contribution in [0.4, 0.5) is 0 Å². The van der Waals surface area contributed by atoms with Gasteiger partial charge in [-0.25, -0.2) is 0 Å². The Labute approximate surface area is 115 Å². The zero-order valence-electron chi connectivity index (χ0n) is 11.9. The lowest BCUT2D eigenvalue weighted by Gasteiger charge is -2.32. The Hall–Kier alpha value is -1.39. The van der Waals surface area contributed by atoms with Crippen molar-refractivity contribution < 1.29 is 4.79 Å². The van der Waals surface area contributed by atoms with E-state index in [-0.39, 0.29) is 5.91 Å². The lowest BCUT2D eigenvalue weighted by molar-refractivity contribution is -0.131. The molecule has 4 nitrogen and oxygen atoms in total. The smallest absolute Gasteiger partial charge is 0.236 e. The second kappa shape index (κ2) is 6.68. The zero-order valence-corrected chi connectivity index (χ0v) is 11.9. The summed E-state index contributed by atoms with van der Waals surface area (Å²) in [5, 5.41) is 3.22. The third-order valence-corrected chi connectivity index (χ3v) is 3.58. The van der Waals surface area contributed by atoms with E-state index in [2.05, 4.69) is 48.5 Å². The first kappa shape index (κ1) is 14.0. The molecule has 1 aliphatic heterocycles. The van der Waals surface area contributed by atoms with Crippen LogP contribution in [0, 0.1) is 6.92 Å². The molecule has 0 saturated carbocycles. The van der Waals surface area contributed by atoms with Crippen LogP contribution >= 0.6 is 0 Å². The number of amides is 1. The molecule has 2 rings (SSSR count). The molecule has 0 aromatic heterocycles. The Balaban J connectivity index is 1.70. The molecule has 0 aliphatic carbocycles. The van der Waals surface area contributed by atoms with E-state index in [1.807, 2.05) is 4.90 Å². The Morgan fingerprint density at radius 1 is 1.16 bits per heavy atom. The SMILES string of the molecule is Cc1ccc(CNCC(=O)N2CCN(C)CC2)cc1. The topological polar surface area (TPSA) is 35.6 Å². The highest BCUT2D eigenvalue weighted by atomic mass is 16.2. The maximum absolute atomic E-state index is 12.0. The predicted octanol–water partition coefficient (Wildman–Crippen LogP) is 0.859. The molecule has 1 aromatic carbocycles. The standard InChI is InChI=1S/C15H23N3O/c1-13-3-5-14(6-4-13)11-16-12-15(19)18-9-7-17(2)8-10-18/h3-6,16H,7-12H2,1-2H3. The monoisotopic (exact) mass is 261 g/mol. The largest absolute Gasteiger partial charge is 0.339 e. The van der Waals surface area contributed by atoms with Gasteiger partial charge < -0.3 is 15.1 Å². The molecule has 0 bridgehead atoms. The molecule has 0 atom stereocenters. The van der Waals surface area contributed by atoms with Crippen molar-refractivity contribution in [1.29, 1.82) is 0 Å². The molecule has 1 aromatic rings. The van der Waals surface area contributed by atoms with Crippen LogP contribution in [0.25, 0.3) is 0 Å². The van der Waals surface area contributed by atoms with Gasteiger partial charge in [-0.05, 0) is 19.5 Å². The molecular weight excluding hydrogens is 238 g/mol. The fourth-order valence-electron chi connectivity index (χ4n) is 2.19. The van der Waals surface area contributed by atoms with Crippen molar-refractivity contribution in [3.63, 3.8) is 0 Å². The van der Waals surface area contributed by atoms with Gasteiger partial charge in [0.15, 0.2) is 0 Å². The summed E-state index contributed by atoms with van der Waals surface area (Å²) in [6.45, 7) is 6.90. The van der Waals surface area contributed by atoms with Gasteiger partial charge in [0.1, 0.15) is 0 Å². The number of piperazine rings is 1. The molecule has 4 heteroatoms. The summed E-state index contributed by atoms with van der Waals surface area (Å²) in [5.74, 6) is 0.209. The van der Waals surface area contributed by atoms with Crippen LogP contribution in [0.2, 0.25) is 0 Å². The van der Waals surface area contributed by atoms with E-state index in [0.29, 0.717) is 6.54 Å². The van der Waals surface area contributed by atoms with Gasteiger partial charge in [0.2, 0.25) is 5.91 Å².